The zero-order valence-corrected chi connectivity index (χ0v) is 10.8. The third-order valence-electron chi connectivity index (χ3n) is 2.84. The number of carbonyl (C=O) groups excluding carboxylic acids is 1. The maximum Gasteiger partial charge on any atom is 0.352 e. The van der Waals surface area contributed by atoms with Gasteiger partial charge < -0.3 is 10.4 Å². The molecule has 2 amide bonds. The number of halogens is 2. The minimum atomic E-state index is -1.23. The highest BCUT2D eigenvalue weighted by Crippen LogP contribution is 2.14. The van der Waals surface area contributed by atoms with E-state index in [4.69, 9.17) is 5.11 Å². The van der Waals surface area contributed by atoms with Gasteiger partial charge in [-0.15, -0.1) is 0 Å². The molecule has 2 N–H and O–H groups in total. The van der Waals surface area contributed by atoms with E-state index in [-0.39, 0.29) is 17.8 Å². The van der Waals surface area contributed by atoms with Crippen molar-refractivity contribution in [1.82, 2.24) is 10.2 Å². The molecular formula is C14H12F2N2O3. The fraction of sp³-hybridized carbons (Fsp3) is 0.143. The monoisotopic (exact) mass is 294 g/mol. The molecule has 1 aliphatic rings. The third-order valence-corrected chi connectivity index (χ3v) is 2.84. The van der Waals surface area contributed by atoms with E-state index < -0.39 is 23.6 Å². The van der Waals surface area contributed by atoms with Gasteiger partial charge in [0, 0.05) is 24.4 Å². The molecule has 1 aliphatic heterocycles. The highest BCUT2D eigenvalue weighted by molar-refractivity contribution is 5.93. The van der Waals surface area contributed by atoms with Gasteiger partial charge in [-0.1, -0.05) is 12.1 Å². The summed E-state index contributed by atoms with van der Waals surface area (Å²) in [6.45, 7) is -0.178. The Labute approximate surface area is 119 Å². The van der Waals surface area contributed by atoms with Gasteiger partial charge in [0.15, 0.2) is 0 Å². The first-order valence-corrected chi connectivity index (χ1v) is 6.10. The summed E-state index contributed by atoms with van der Waals surface area (Å²) in [4.78, 5) is 23.9. The predicted molar refractivity (Wildman–Crippen MR) is 69.9 cm³/mol. The minimum absolute atomic E-state index is 0.103. The number of hydrogen-bond donors (Lipinski definition) is 2. The van der Waals surface area contributed by atoms with Crippen molar-refractivity contribution >= 4 is 12.0 Å². The van der Waals surface area contributed by atoms with Crippen molar-refractivity contribution in [2.24, 2.45) is 0 Å². The summed E-state index contributed by atoms with van der Waals surface area (Å²) in [7, 11) is 0. The van der Waals surface area contributed by atoms with Crippen LogP contribution in [-0.2, 0) is 11.3 Å². The summed E-state index contributed by atoms with van der Waals surface area (Å²) in [6, 6.07) is 2.30. The first-order valence-electron chi connectivity index (χ1n) is 6.10. The molecule has 0 saturated carbocycles. The maximum absolute atomic E-state index is 13.4. The Morgan fingerprint density at radius 1 is 1.33 bits per heavy atom. The van der Waals surface area contributed by atoms with Gasteiger partial charge in [-0.25, -0.2) is 18.4 Å². The lowest BCUT2D eigenvalue weighted by Gasteiger charge is -2.21. The van der Waals surface area contributed by atoms with E-state index in [2.05, 4.69) is 5.32 Å². The standard InChI is InChI=1S/C14H12F2N2O3/c15-10-5-4-9(11(16)7-10)8-17-14(21)18-6-2-1-3-12(18)13(19)20/h2-7H,1,8H2,(H,17,21)(H,19,20). The number of aliphatic carboxylic acids is 1. The average Bonchev–Trinajstić information content (AvgIpc) is 2.46. The van der Waals surface area contributed by atoms with Crippen LogP contribution in [0.4, 0.5) is 13.6 Å². The van der Waals surface area contributed by atoms with Crippen LogP contribution in [0.1, 0.15) is 12.0 Å². The Morgan fingerprint density at radius 2 is 2.10 bits per heavy atom. The maximum atomic E-state index is 13.4. The molecule has 0 radical (unpaired) electrons. The quantitative estimate of drug-likeness (QED) is 0.899. The van der Waals surface area contributed by atoms with Crippen LogP contribution < -0.4 is 5.32 Å². The summed E-state index contributed by atoms with van der Waals surface area (Å²) >= 11 is 0. The molecule has 0 bridgehead atoms. The number of carboxylic acid groups (broad SMARTS) is 1. The molecule has 110 valence electrons. The van der Waals surface area contributed by atoms with Gasteiger partial charge in [-0.05, 0) is 18.6 Å². The number of allylic oxidation sites excluding steroid dienone is 2. The molecule has 21 heavy (non-hydrogen) atoms. The number of hydrogen-bond acceptors (Lipinski definition) is 2. The number of nitrogens with zero attached hydrogens (tertiary/aromatic N) is 1. The summed E-state index contributed by atoms with van der Waals surface area (Å²) < 4.78 is 26.2. The Hall–Kier alpha value is -2.70. The van der Waals surface area contributed by atoms with Gasteiger partial charge in [-0.2, -0.15) is 0 Å². The number of nitrogens with one attached hydrogen (secondary N) is 1. The van der Waals surface area contributed by atoms with Crippen LogP contribution in [0.2, 0.25) is 0 Å². The highest BCUT2D eigenvalue weighted by Gasteiger charge is 2.22. The topological polar surface area (TPSA) is 69.6 Å². The second-order valence-corrected chi connectivity index (χ2v) is 4.28. The normalized spacial score (nSPS) is 13.8. The van der Waals surface area contributed by atoms with Crippen LogP contribution in [0.3, 0.4) is 0 Å². The lowest BCUT2D eigenvalue weighted by atomic mass is 10.2. The summed E-state index contributed by atoms with van der Waals surface area (Å²) in [5.74, 6) is -2.72. The molecule has 0 spiro atoms. The summed E-state index contributed by atoms with van der Waals surface area (Å²) in [5.41, 5.74) is -0.0684. The molecule has 1 aromatic rings. The van der Waals surface area contributed by atoms with Gasteiger partial charge in [-0.3, -0.25) is 4.90 Å². The van der Waals surface area contributed by atoms with Crippen LogP contribution in [0, 0.1) is 11.6 Å². The molecule has 0 atom stereocenters. The lowest BCUT2D eigenvalue weighted by molar-refractivity contribution is -0.133. The SMILES string of the molecule is O=C(O)C1=CCC=CN1C(=O)NCc1ccc(F)cc1F. The van der Waals surface area contributed by atoms with Gasteiger partial charge in [0.2, 0.25) is 0 Å². The molecular weight excluding hydrogens is 282 g/mol. The molecule has 0 unspecified atom stereocenters. The molecule has 0 aromatic heterocycles. The first-order chi connectivity index (χ1) is 9.99. The van der Waals surface area contributed by atoms with E-state index in [0.29, 0.717) is 12.5 Å². The van der Waals surface area contributed by atoms with Gasteiger partial charge in [0.05, 0.1) is 0 Å². The van der Waals surface area contributed by atoms with Crippen molar-refractivity contribution in [1.29, 1.82) is 0 Å². The van der Waals surface area contributed by atoms with Crippen molar-refractivity contribution in [2.45, 2.75) is 13.0 Å². The van der Waals surface area contributed by atoms with E-state index in [9.17, 15) is 18.4 Å². The summed E-state index contributed by atoms with van der Waals surface area (Å²) in [5, 5.41) is 11.4. The highest BCUT2D eigenvalue weighted by atomic mass is 19.1. The van der Waals surface area contributed by atoms with E-state index in [1.807, 2.05) is 0 Å². The van der Waals surface area contributed by atoms with Gasteiger partial charge in [0.1, 0.15) is 17.3 Å². The Kier molecular flexibility index (Phi) is 4.32. The van der Waals surface area contributed by atoms with Gasteiger partial charge in [0.25, 0.3) is 0 Å². The van der Waals surface area contributed by atoms with Crippen molar-refractivity contribution in [3.05, 3.63) is 59.4 Å². The Balaban J connectivity index is 2.04. The first kappa shape index (κ1) is 14.7. The van der Waals surface area contributed by atoms with E-state index in [1.54, 1.807) is 6.08 Å². The van der Waals surface area contributed by atoms with Crippen molar-refractivity contribution in [3.8, 4) is 0 Å². The number of rotatable bonds is 3. The van der Waals surface area contributed by atoms with E-state index in [1.165, 1.54) is 18.3 Å². The van der Waals surface area contributed by atoms with Gasteiger partial charge >= 0.3 is 12.0 Å². The molecule has 0 fully saturated rings. The lowest BCUT2D eigenvalue weighted by Crippen LogP contribution is -2.38. The number of amides is 2. The fourth-order valence-electron chi connectivity index (χ4n) is 1.81. The number of benzene rings is 1. The van der Waals surface area contributed by atoms with Crippen LogP contribution in [0.5, 0.6) is 0 Å². The zero-order chi connectivity index (χ0) is 15.4. The number of carbonyl (C=O) groups is 2. The third kappa shape index (κ3) is 3.44. The molecule has 2 rings (SSSR count). The fourth-order valence-corrected chi connectivity index (χ4v) is 1.81. The molecule has 0 saturated heterocycles. The number of carboxylic acids is 1. The van der Waals surface area contributed by atoms with Crippen LogP contribution in [0.15, 0.2) is 42.2 Å². The largest absolute Gasteiger partial charge is 0.477 e. The number of urea groups is 1. The molecule has 1 heterocycles. The Bertz CT molecular complexity index is 641. The molecule has 1 aromatic carbocycles. The predicted octanol–water partition coefficient (Wildman–Crippen LogP) is 2.36. The van der Waals surface area contributed by atoms with E-state index >= 15 is 0 Å². The molecule has 0 aliphatic carbocycles. The van der Waals surface area contributed by atoms with E-state index in [0.717, 1.165) is 11.0 Å². The minimum Gasteiger partial charge on any atom is -0.477 e. The summed E-state index contributed by atoms with van der Waals surface area (Å²) in [6.07, 6.45) is 4.75. The second kappa shape index (κ2) is 6.17. The van der Waals surface area contributed by atoms with Crippen molar-refractivity contribution in [3.63, 3.8) is 0 Å². The van der Waals surface area contributed by atoms with Crippen molar-refractivity contribution < 1.29 is 23.5 Å². The zero-order valence-electron chi connectivity index (χ0n) is 10.8. The smallest absolute Gasteiger partial charge is 0.352 e. The average molecular weight is 294 g/mol. The molecule has 7 heteroatoms. The van der Waals surface area contributed by atoms with Crippen LogP contribution in [0.25, 0.3) is 0 Å². The van der Waals surface area contributed by atoms with Crippen molar-refractivity contribution in [2.75, 3.05) is 0 Å². The second-order valence-electron chi connectivity index (χ2n) is 4.28. The van der Waals surface area contributed by atoms with Crippen LogP contribution >= 0.6 is 0 Å². The molecule has 5 nitrogen and oxygen atoms in total. The van der Waals surface area contributed by atoms with Crippen LogP contribution in [-0.4, -0.2) is 22.0 Å². The Morgan fingerprint density at radius 3 is 2.76 bits per heavy atom.